The lowest BCUT2D eigenvalue weighted by atomic mass is 9.75. The number of hydrogen-bond donors (Lipinski definition) is 0. The van der Waals surface area contributed by atoms with Crippen molar-refractivity contribution in [2.24, 2.45) is 0 Å². The number of hydrogen-bond acceptors (Lipinski definition) is 5. The highest BCUT2D eigenvalue weighted by Gasteiger charge is 2.42. The SMILES string of the molecule is CCCCc1nc(Cl)c(C=O)n1Cc1ccc(C2CCCCC2c2nnn(C(c3ccccc3)(c3ccccc3)c3ccccc3)n2)cc1. The zero-order valence-electron chi connectivity index (χ0n) is 27.8. The lowest BCUT2D eigenvalue weighted by Crippen LogP contribution is -2.39. The fourth-order valence-electron chi connectivity index (χ4n) is 7.59. The maximum atomic E-state index is 11.9. The Morgan fingerprint density at radius 1 is 0.796 bits per heavy atom. The highest BCUT2D eigenvalue weighted by atomic mass is 35.5. The van der Waals surface area contributed by atoms with E-state index in [1.165, 1.54) is 5.56 Å². The number of halogens is 1. The molecule has 6 aromatic rings. The average Bonchev–Trinajstić information content (AvgIpc) is 3.77. The summed E-state index contributed by atoms with van der Waals surface area (Å²) in [6.07, 6.45) is 8.01. The molecule has 8 heteroatoms. The van der Waals surface area contributed by atoms with Crippen molar-refractivity contribution in [2.75, 3.05) is 0 Å². The van der Waals surface area contributed by atoms with Gasteiger partial charge in [-0.25, -0.2) is 4.98 Å². The van der Waals surface area contributed by atoms with Crippen LogP contribution in [-0.2, 0) is 18.5 Å². The molecule has 49 heavy (non-hydrogen) atoms. The van der Waals surface area contributed by atoms with Gasteiger partial charge in [0.15, 0.2) is 22.8 Å². The normalized spacial score (nSPS) is 16.4. The van der Waals surface area contributed by atoms with Crippen LogP contribution in [0.3, 0.4) is 0 Å². The molecule has 0 radical (unpaired) electrons. The maximum Gasteiger partial charge on any atom is 0.178 e. The van der Waals surface area contributed by atoms with Crippen molar-refractivity contribution in [3.63, 3.8) is 0 Å². The topological polar surface area (TPSA) is 78.5 Å². The van der Waals surface area contributed by atoms with Gasteiger partial charge in [0.1, 0.15) is 11.5 Å². The van der Waals surface area contributed by atoms with Gasteiger partial charge in [-0.2, -0.15) is 0 Å². The molecule has 7 rings (SSSR count). The van der Waals surface area contributed by atoms with Crippen LogP contribution in [0.2, 0.25) is 5.15 Å². The molecule has 1 aliphatic carbocycles. The Bertz CT molecular complexity index is 1880. The van der Waals surface area contributed by atoms with Crippen molar-refractivity contribution >= 4 is 17.9 Å². The quantitative estimate of drug-likeness (QED) is 0.0961. The lowest BCUT2D eigenvalue weighted by Gasteiger charge is -2.34. The second kappa shape index (κ2) is 14.7. The van der Waals surface area contributed by atoms with E-state index in [4.69, 9.17) is 27.0 Å². The molecule has 4 aromatic carbocycles. The van der Waals surface area contributed by atoms with Gasteiger partial charge in [0.25, 0.3) is 0 Å². The molecule has 0 spiro atoms. The molecule has 2 aromatic heterocycles. The van der Waals surface area contributed by atoms with Gasteiger partial charge in [-0.1, -0.05) is 153 Å². The standard InChI is InChI=1S/C41H41ClN6O/c1-2-3-23-38-43-39(42)37(29-49)47(38)28-30-24-26-31(27-25-30)35-21-13-14-22-36(35)40-44-46-48(45-40)41(32-15-7-4-8-16-32,33-17-9-5-10-18-33)34-19-11-6-12-20-34/h4-12,15-20,24-27,29,35-36H,2-3,13-14,21-23,28H2,1H3. The first-order chi connectivity index (χ1) is 24.1. The summed E-state index contributed by atoms with van der Waals surface area (Å²) in [6, 6.07) is 40.2. The molecule has 0 N–H and O–H groups in total. The fourth-order valence-corrected chi connectivity index (χ4v) is 7.83. The van der Waals surface area contributed by atoms with Gasteiger partial charge in [0.2, 0.25) is 0 Å². The lowest BCUT2D eigenvalue weighted by molar-refractivity contribution is 0.111. The molecule has 2 atom stereocenters. The van der Waals surface area contributed by atoms with Gasteiger partial charge < -0.3 is 4.57 Å². The number of aryl methyl sites for hydroxylation is 1. The molecule has 0 saturated heterocycles. The highest BCUT2D eigenvalue weighted by Crippen LogP contribution is 2.44. The van der Waals surface area contributed by atoms with Crippen LogP contribution in [0.5, 0.6) is 0 Å². The molecule has 1 fully saturated rings. The Balaban J connectivity index is 1.23. The van der Waals surface area contributed by atoms with Gasteiger partial charge in [0.05, 0.1) is 0 Å². The van der Waals surface area contributed by atoms with Gasteiger partial charge in [-0.3, -0.25) is 4.79 Å². The third kappa shape index (κ3) is 6.35. The first kappa shape index (κ1) is 32.7. The number of nitrogens with zero attached hydrogens (tertiary/aromatic N) is 6. The second-order valence-corrected chi connectivity index (χ2v) is 13.4. The predicted octanol–water partition coefficient (Wildman–Crippen LogP) is 9.01. The number of imidazole rings is 1. The summed E-state index contributed by atoms with van der Waals surface area (Å²) in [5, 5.41) is 15.2. The number of rotatable bonds is 12. The van der Waals surface area contributed by atoms with Gasteiger partial charge in [-0.05, 0) is 58.2 Å². The fraction of sp³-hybridized carbons (Fsp3) is 0.293. The molecular formula is C41H41ClN6O. The minimum atomic E-state index is -0.798. The van der Waals surface area contributed by atoms with E-state index in [1.807, 2.05) is 27.6 Å². The third-order valence-corrected chi connectivity index (χ3v) is 10.3. The minimum Gasteiger partial charge on any atom is -0.320 e. The zero-order valence-corrected chi connectivity index (χ0v) is 28.6. The largest absolute Gasteiger partial charge is 0.320 e. The van der Waals surface area contributed by atoms with Crippen molar-refractivity contribution in [2.45, 2.75) is 75.8 Å². The Labute approximate surface area is 293 Å². The summed E-state index contributed by atoms with van der Waals surface area (Å²) < 4.78 is 1.96. The molecule has 0 amide bonds. The van der Waals surface area contributed by atoms with Crippen LogP contribution in [0.1, 0.15) is 107 Å². The van der Waals surface area contributed by atoms with E-state index in [-0.39, 0.29) is 17.0 Å². The molecule has 0 aliphatic heterocycles. The van der Waals surface area contributed by atoms with Crippen molar-refractivity contribution in [3.8, 4) is 0 Å². The molecule has 2 unspecified atom stereocenters. The number of carbonyl (C=O) groups excluding carboxylic acids is 1. The number of aromatic nitrogens is 6. The average molecular weight is 669 g/mol. The number of benzene rings is 4. The summed E-state index contributed by atoms with van der Waals surface area (Å²) in [7, 11) is 0. The van der Waals surface area contributed by atoms with E-state index in [2.05, 4.69) is 109 Å². The van der Waals surface area contributed by atoms with Gasteiger partial charge in [-0.15, -0.1) is 15.0 Å². The van der Waals surface area contributed by atoms with E-state index in [1.54, 1.807) is 0 Å². The monoisotopic (exact) mass is 668 g/mol. The minimum absolute atomic E-state index is 0.142. The molecule has 7 nitrogen and oxygen atoms in total. The van der Waals surface area contributed by atoms with Crippen LogP contribution in [0.4, 0.5) is 0 Å². The number of carbonyl (C=O) groups is 1. The maximum absolute atomic E-state index is 11.9. The van der Waals surface area contributed by atoms with Crippen LogP contribution >= 0.6 is 11.6 Å². The van der Waals surface area contributed by atoms with Crippen molar-refractivity contribution in [1.29, 1.82) is 0 Å². The number of tetrazole rings is 1. The predicted molar refractivity (Wildman–Crippen MR) is 193 cm³/mol. The Morgan fingerprint density at radius 3 is 1.92 bits per heavy atom. The van der Waals surface area contributed by atoms with Crippen molar-refractivity contribution < 1.29 is 4.79 Å². The van der Waals surface area contributed by atoms with Crippen molar-refractivity contribution in [3.05, 3.63) is 166 Å². The number of aldehydes is 1. The first-order valence-electron chi connectivity index (χ1n) is 17.4. The van der Waals surface area contributed by atoms with E-state index < -0.39 is 5.54 Å². The smallest absolute Gasteiger partial charge is 0.178 e. The van der Waals surface area contributed by atoms with Crippen LogP contribution < -0.4 is 0 Å². The molecule has 1 saturated carbocycles. The zero-order chi connectivity index (χ0) is 33.6. The summed E-state index contributed by atoms with van der Waals surface area (Å²) >= 11 is 6.35. The van der Waals surface area contributed by atoms with E-state index in [0.29, 0.717) is 12.2 Å². The van der Waals surface area contributed by atoms with E-state index in [0.717, 1.165) is 85.1 Å². The summed E-state index contributed by atoms with van der Waals surface area (Å²) in [4.78, 5) is 18.2. The second-order valence-electron chi connectivity index (χ2n) is 13.0. The molecule has 248 valence electrons. The number of unbranched alkanes of at least 4 members (excludes halogenated alkanes) is 1. The van der Waals surface area contributed by atoms with Crippen LogP contribution in [0.15, 0.2) is 115 Å². The molecular weight excluding hydrogens is 628 g/mol. The van der Waals surface area contributed by atoms with Gasteiger partial charge >= 0.3 is 0 Å². The van der Waals surface area contributed by atoms with Crippen LogP contribution in [0, 0.1) is 0 Å². The summed E-state index contributed by atoms with van der Waals surface area (Å²) in [5.41, 5.74) is 5.23. The Morgan fingerprint density at radius 2 is 1.37 bits per heavy atom. The molecule has 1 aliphatic rings. The Kier molecular flexibility index (Phi) is 9.80. The third-order valence-electron chi connectivity index (χ3n) is 10.1. The van der Waals surface area contributed by atoms with Crippen LogP contribution in [0.25, 0.3) is 0 Å². The van der Waals surface area contributed by atoms with E-state index >= 15 is 0 Å². The van der Waals surface area contributed by atoms with E-state index in [9.17, 15) is 4.79 Å². The van der Waals surface area contributed by atoms with Crippen LogP contribution in [-0.4, -0.2) is 36.0 Å². The molecule has 2 heterocycles. The Hall–Kier alpha value is -4.88. The van der Waals surface area contributed by atoms with Crippen molar-refractivity contribution in [1.82, 2.24) is 29.8 Å². The van der Waals surface area contributed by atoms with Gasteiger partial charge in [0, 0.05) is 18.9 Å². The highest BCUT2D eigenvalue weighted by molar-refractivity contribution is 6.31. The molecule has 0 bridgehead atoms. The summed E-state index contributed by atoms with van der Waals surface area (Å²) in [6.45, 7) is 2.70. The first-order valence-corrected chi connectivity index (χ1v) is 17.8. The summed E-state index contributed by atoms with van der Waals surface area (Å²) in [5.74, 6) is 2.05.